The lowest BCUT2D eigenvalue weighted by Crippen LogP contribution is -2.58. The number of rotatable bonds is 8. The van der Waals surface area contributed by atoms with Gasteiger partial charge in [0, 0.05) is 35.8 Å². The highest BCUT2D eigenvalue weighted by Gasteiger charge is 2.33. The first kappa shape index (κ1) is 16.5. The van der Waals surface area contributed by atoms with Gasteiger partial charge < -0.3 is 5.32 Å². The molecule has 0 aliphatic rings. The third-order valence-electron chi connectivity index (χ3n) is 4.44. The lowest BCUT2D eigenvalue weighted by atomic mass is 9.88. The highest BCUT2D eigenvalue weighted by Crippen LogP contribution is 2.22. The van der Waals surface area contributed by atoms with Crippen molar-refractivity contribution in [2.45, 2.75) is 52.6 Å². The summed E-state index contributed by atoms with van der Waals surface area (Å²) in [6.07, 6.45) is 5.20. The molecule has 0 fully saturated rings. The second-order valence-electron chi connectivity index (χ2n) is 5.97. The van der Waals surface area contributed by atoms with E-state index in [4.69, 9.17) is 4.98 Å². The first-order valence-corrected chi connectivity index (χ1v) is 8.80. The van der Waals surface area contributed by atoms with E-state index in [1.54, 1.807) is 11.3 Å². The average Bonchev–Trinajstić information content (AvgIpc) is 3.00. The Morgan fingerprint density at radius 2 is 2.05 bits per heavy atom. The van der Waals surface area contributed by atoms with E-state index in [1.807, 2.05) is 0 Å². The molecule has 0 amide bonds. The van der Waals surface area contributed by atoms with Gasteiger partial charge in [-0.3, -0.25) is 9.30 Å². The van der Waals surface area contributed by atoms with Crippen molar-refractivity contribution in [3.05, 3.63) is 23.5 Å². The average molecular weight is 308 g/mol. The fraction of sp³-hybridized carbons (Fsp3) is 0.688. The first-order chi connectivity index (χ1) is 10.0. The molecule has 2 heterocycles. The molecule has 1 atom stereocenters. The molecule has 1 N–H and O–H groups in total. The molecule has 0 saturated heterocycles. The van der Waals surface area contributed by atoms with Gasteiger partial charge in [0.25, 0.3) is 0 Å². The number of aromatic nitrogens is 2. The molecule has 2 aromatic rings. The van der Waals surface area contributed by atoms with Gasteiger partial charge in [-0.1, -0.05) is 20.8 Å². The monoisotopic (exact) mass is 308 g/mol. The van der Waals surface area contributed by atoms with E-state index < -0.39 is 0 Å². The number of fused-ring (bicyclic) bond motifs is 1. The molecule has 1 unspecified atom stereocenters. The number of imidazole rings is 1. The topological polar surface area (TPSA) is 32.6 Å². The Morgan fingerprint density at radius 1 is 1.33 bits per heavy atom. The Hall–Kier alpha value is -0.910. The summed E-state index contributed by atoms with van der Waals surface area (Å²) in [7, 11) is 0. The van der Waals surface area contributed by atoms with Crippen molar-refractivity contribution in [1.82, 2.24) is 19.6 Å². The number of nitrogens with one attached hydrogen (secondary N) is 1. The van der Waals surface area contributed by atoms with Crippen LogP contribution in [0.5, 0.6) is 0 Å². The molecule has 0 aliphatic carbocycles. The van der Waals surface area contributed by atoms with Crippen LogP contribution in [-0.4, -0.2) is 45.5 Å². The van der Waals surface area contributed by atoms with Crippen LogP contribution in [0.4, 0.5) is 0 Å². The van der Waals surface area contributed by atoms with E-state index in [2.05, 4.69) is 67.0 Å². The summed E-state index contributed by atoms with van der Waals surface area (Å²) in [6.45, 7) is 14.5. The summed E-state index contributed by atoms with van der Waals surface area (Å²) in [4.78, 5) is 8.35. The molecule has 5 heteroatoms. The van der Waals surface area contributed by atoms with E-state index in [0.717, 1.165) is 31.0 Å². The SMILES string of the molecule is CCNC(Cc1cn2ccsc2n1)C(C)(C)N(CC)CC. The molecule has 118 valence electrons. The Bertz CT molecular complexity index is 525. The van der Waals surface area contributed by atoms with Gasteiger partial charge in [0.2, 0.25) is 0 Å². The van der Waals surface area contributed by atoms with Crippen molar-refractivity contribution in [1.29, 1.82) is 0 Å². The molecule has 2 rings (SSSR count). The predicted molar refractivity (Wildman–Crippen MR) is 91.2 cm³/mol. The third kappa shape index (κ3) is 3.47. The molecular formula is C16H28N4S. The Balaban J connectivity index is 2.19. The van der Waals surface area contributed by atoms with Crippen LogP contribution in [0.3, 0.4) is 0 Å². The molecule has 4 nitrogen and oxygen atoms in total. The summed E-state index contributed by atoms with van der Waals surface area (Å²) >= 11 is 1.69. The second-order valence-corrected chi connectivity index (χ2v) is 6.84. The maximum absolute atomic E-state index is 4.74. The van der Waals surface area contributed by atoms with Crippen molar-refractivity contribution in [3.8, 4) is 0 Å². The molecule has 21 heavy (non-hydrogen) atoms. The van der Waals surface area contributed by atoms with E-state index in [-0.39, 0.29) is 5.54 Å². The highest BCUT2D eigenvalue weighted by molar-refractivity contribution is 7.15. The maximum Gasteiger partial charge on any atom is 0.193 e. The van der Waals surface area contributed by atoms with Crippen LogP contribution in [-0.2, 0) is 6.42 Å². The Morgan fingerprint density at radius 3 is 2.62 bits per heavy atom. The highest BCUT2D eigenvalue weighted by atomic mass is 32.1. The number of nitrogens with zero attached hydrogens (tertiary/aromatic N) is 3. The van der Waals surface area contributed by atoms with Crippen molar-refractivity contribution in [2.75, 3.05) is 19.6 Å². The van der Waals surface area contributed by atoms with Gasteiger partial charge in [0.1, 0.15) is 0 Å². The lowest BCUT2D eigenvalue weighted by Gasteiger charge is -2.43. The van der Waals surface area contributed by atoms with Gasteiger partial charge in [0.05, 0.1) is 5.69 Å². The molecular weight excluding hydrogens is 280 g/mol. The van der Waals surface area contributed by atoms with Gasteiger partial charge in [-0.15, -0.1) is 11.3 Å². The van der Waals surface area contributed by atoms with Crippen molar-refractivity contribution in [2.24, 2.45) is 0 Å². The molecule has 0 aromatic carbocycles. The minimum Gasteiger partial charge on any atom is -0.312 e. The number of thiazole rings is 1. The molecule has 0 spiro atoms. The Kier molecular flexibility index (Phi) is 5.41. The van der Waals surface area contributed by atoms with Crippen LogP contribution in [0.1, 0.15) is 40.3 Å². The van der Waals surface area contributed by atoms with Gasteiger partial charge in [-0.2, -0.15) is 0 Å². The summed E-state index contributed by atoms with van der Waals surface area (Å²) < 4.78 is 2.12. The van der Waals surface area contributed by atoms with Crippen LogP contribution in [0.25, 0.3) is 4.96 Å². The summed E-state index contributed by atoms with van der Waals surface area (Å²) in [5, 5.41) is 5.75. The van der Waals surface area contributed by atoms with Gasteiger partial charge >= 0.3 is 0 Å². The molecule has 0 saturated carbocycles. The first-order valence-electron chi connectivity index (χ1n) is 7.92. The number of likely N-dealkylation sites (N-methyl/N-ethyl adjacent to an activating group) is 2. The fourth-order valence-corrected chi connectivity index (χ4v) is 3.88. The van der Waals surface area contributed by atoms with E-state index >= 15 is 0 Å². The zero-order chi connectivity index (χ0) is 15.5. The van der Waals surface area contributed by atoms with Crippen LogP contribution in [0, 0.1) is 0 Å². The van der Waals surface area contributed by atoms with E-state index in [0.29, 0.717) is 6.04 Å². The van der Waals surface area contributed by atoms with Crippen LogP contribution < -0.4 is 5.32 Å². The van der Waals surface area contributed by atoms with E-state index in [1.165, 1.54) is 5.69 Å². The van der Waals surface area contributed by atoms with Crippen molar-refractivity contribution in [3.63, 3.8) is 0 Å². The fourth-order valence-electron chi connectivity index (χ4n) is 3.16. The van der Waals surface area contributed by atoms with Crippen LogP contribution in [0.2, 0.25) is 0 Å². The molecule has 0 aliphatic heterocycles. The smallest absolute Gasteiger partial charge is 0.193 e. The van der Waals surface area contributed by atoms with Crippen LogP contribution >= 0.6 is 11.3 Å². The molecule has 0 radical (unpaired) electrons. The quantitative estimate of drug-likeness (QED) is 0.813. The minimum absolute atomic E-state index is 0.108. The zero-order valence-corrected chi connectivity index (χ0v) is 14.7. The van der Waals surface area contributed by atoms with Gasteiger partial charge in [-0.05, 0) is 33.5 Å². The lowest BCUT2D eigenvalue weighted by molar-refractivity contribution is 0.0915. The van der Waals surface area contributed by atoms with Gasteiger partial charge in [0.15, 0.2) is 4.96 Å². The molecule has 0 bridgehead atoms. The normalized spacial score (nSPS) is 14.2. The number of hydrogen-bond donors (Lipinski definition) is 1. The third-order valence-corrected chi connectivity index (χ3v) is 5.21. The largest absolute Gasteiger partial charge is 0.312 e. The summed E-state index contributed by atoms with van der Waals surface area (Å²) in [6, 6.07) is 0.395. The van der Waals surface area contributed by atoms with Crippen molar-refractivity contribution < 1.29 is 0 Å². The second kappa shape index (κ2) is 6.90. The Labute approximate surface area is 132 Å². The maximum atomic E-state index is 4.74. The molecule has 2 aromatic heterocycles. The zero-order valence-electron chi connectivity index (χ0n) is 13.9. The van der Waals surface area contributed by atoms with Gasteiger partial charge in [-0.25, -0.2) is 4.98 Å². The van der Waals surface area contributed by atoms with Crippen LogP contribution in [0.15, 0.2) is 17.8 Å². The van der Waals surface area contributed by atoms with E-state index in [9.17, 15) is 0 Å². The predicted octanol–water partition coefficient (Wildman–Crippen LogP) is 3.04. The standard InChI is InChI=1S/C16H28N4S/c1-6-17-14(16(4,5)20(7-2)8-3)11-13-12-19-9-10-21-15(19)18-13/h9-10,12,14,17H,6-8,11H2,1-5H3. The minimum atomic E-state index is 0.108. The number of hydrogen-bond acceptors (Lipinski definition) is 4. The van der Waals surface area contributed by atoms with Crippen molar-refractivity contribution >= 4 is 16.3 Å². The summed E-state index contributed by atoms with van der Waals surface area (Å²) in [5.41, 5.74) is 1.28. The summed E-state index contributed by atoms with van der Waals surface area (Å²) in [5.74, 6) is 0.